The van der Waals surface area contributed by atoms with E-state index < -0.39 is 0 Å². The molecule has 3 saturated heterocycles. The molecule has 0 saturated carbocycles. The van der Waals surface area contributed by atoms with E-state index >= 15 is 0 Å². The van der Waals surface area contributed by atoms with Gasteiger partial charge in [-0.05, 0) is 38.1 Å². The van der Waals surface area contributed by atoms with Gasteiger partial charge in [0.2, 0.25) is 5.91 Å². The van der Waals surface area contributed by atoms with E-state index in [1.165, 1.54) is 19.4 Å². The zero-order valence-corrected chi connectivity index (χ0v) is 10.4. The minimum absolute atomic E-state index is 0.106. The van der Waals surface area contributed by atoms with Gasteiger partial charge >= 0.3 is 0 Å². The monoisotopic (exact) mass is 238 g/mol. The van der Waals surface area contributed by atoms with E-state index in [1.54, 1.807) is 0 Å². The maximum atomic E-state index is 11.4. The van der Waals surface area contributed by atoms with Gasteiger partial charge in [0.1, 0.15) is 0 Å². The van der Waals surface area contributed by atoms with E-state index in [-0.39, 0.29) is 11.4 Å². The van der Waals surface area contributed by atoms with Crippen molar-refractivity contribution in [3.8, 4) is 0 Å². The molecule has 3 rings (SSSR count). The summed E-state index contributed by atoms with van der Waals surface area (Å²) in [5, 5.41) is 3.21. The van der Waals surface area contributed by atoms with E-state index in [9.17, 15) is 4.79 Å². The molecule has 3 aliphatic heterocycles. The lowest BCUT2D eigenvalue weighted by Crippen LogP contribution is -2.55. The summed E-state index contributed by atoms with van der Waals surface area (Å²) in [5.74, 6) is 0.957. The van der Waals surface area contributed by atoms with Crippen LogP contribution in [0.15, 0.2) is 0 Å². The summed E-state index contributed by atoms with van der Waals surface area (Å²) >= 11 is 0. The molecule has 0 radical (unpaired) electrons. The molecule has 0 bridgehead atoms. The quantitative estimate of drug-likeness (QED) is 0.772. The number of carbonyl (C=O) groups is 1. The van der Waals surface area contributed by atoms with Gasteiger partial charge in [-0.3, -0.25) is 4.79 Å². The molecule has 3 fully saturated rings. The number of amides is 1. The van der Waals surface area contributed by atoms with Crippen molar-refractivity contribution in [2.75, 3.05) is 32.8 Å². The smallest absolute Gasteiger partial charge is 0.220 e. The average Bonchev–Trinajstić information content (AvgIpc) is 2.90. The Labute approximate surface area is 103 Å². The van der Waals surface area contributed by atoms with E-state index in [2.05, 4.69) is 10.2 Å². The van der Waals surface area contributed by atoms with Crippen LogP contribution in [-0.2, 0) is 9.53 Å². The number of ether oxygens (including phenoxy) is 1. The van der Waals surface area contributed by atoms with Gasteiger partial charge in [-0.1, -0.05) is 0 Å². The minimum Gasteiger partial charge on any atom is -0.381 e. The Morgan fingerprint density at radius 1 is 1.47 bits per heavy atom. The van der Waals surface area contributed by atoms with Crippen molar-refractivity contribution in [1.29, 1.82) is 0 Å². The molecule has 2 unspecified atom stereocenters. The second-order valence-electron chi connectivity index (χ2n) is 5.90. The van der Waals surface area contributed by atoms with Crippen LogP contribution in [0, 0.1) is 5.92 Å². The highest BCUT2D eigenvalue weighted by Crippen LogP contribution is 2.30. The van der Waals surface area contributed by atoms with Crippen molar-refractivity contribution < 1.29 is 9.53 Å². The van der Waals surface area contributed by atoms with Crippen molar-refractivity contribution in [2.24, 2.45) is 5.92 Å². The van der Waals surface area contributed by atoms with Crippen molar-refractivity contribution >= 4 is 5.91 Å². The first-order chi connectivity index (χ1) is 8.26. The number of nitrogens with zero attached hydrogens (tertiary/aromatic N) is 1. The standard InChI is InChI=1S/C13H22N2O2/c16-12-2-5-13(14-12)4-1-6-15(10-13)8-11-3-7-17-9-11/h11H,1-10H2,(H,14,16). The fraction of sp³-hybridized carbons (Fsp3) is 0.923. The van der Waals surface area contributed by atoms with Gasteiger partial charge in [0.25, 0.3) is 0 Å². The van der Waals surface area contributed by atoms with Gasteiger partial charge in [0, 0.05) is 26.1 Å². The normalized spacial score (nSPS) is 38.8. The molecule has 0 aliphatic carbocycles. The Morgan fingerprint density at radius 2 is 2.41 bits per heavy atom. The first-order valence-corrected chi connectivity index (χ1v) is 6.87. The maximum absolute atomic E-state index is 11.4. The number of hydrogen-bond acceptors (Lipinski definition) is 3. The molecule has 0 aromatic carbocycles. The van der Waals surface area contributed by atoms with E-state index in [0.29, 0.717) is 5.92 Å². The zero-order chi connectivity index (χ0) is 11.7. The molecule has 4 heteroatoms. The molecular formula is C13H22N2O2. The van der Waals surface area contributed by atoms with Crippen LogP contribution in [0.1, 0.15) is 32.1 Å². The second kappa shape index (κ2) is 4.58. The first kappa shape index (κ1) is 11.5. The number of carbonyl (C=O) groups excluding carboxylic acids is 1. The Kier molecular flexibility index (Phi) is 3.09. The SMILES string of the molecule is O=C1CCC2(CCCN(CC3CCOC3)C2)N1. The molecule has 0 aromatic rings. The van der Waals surface area contributed by atoms with E-state index in [1.807, 2.05) is 0 Å². The predicted molar refractivity (Wildman–Crippen MR) is 64.7 cm³/mol. The molecule has 4 nitrogen and oxygen atoms in total. The fourth-order valence-electron chi connectivity index (χ4n) is 3.56. The van der Waals surface area contributed by atoms with Crippen molar-refractivity contribution in [3.63, 3.8) is 0 Å². The number of piperidine rings is 1. The lowest BCUT2D eigenvalue weighted by atomic mass is 9.87. The van der Waals surface area contributed by atoms with Crippen LogP contribution in [0.25, 0.3) is 0 Å². The fourth-order valence-corrected chi connectivity index (χ4v) is 3.56. The summed E-state index contributed by atoms with van der Waals surface area (Å²) in [6.45, 7) is 5.25. The number of rotatable bonds is 2. The highest BCUT2D eigenvalue weighted by atomic mass is 16.5. The molecule has 1 amide bonds. The van der Waals surface area contributed by atoms with Crippen LogP contribution in [0.3, 0.4) is 0 Å². The lowest BCUT2D eigenvalue weighted by Gasteiger charge is -2.41. The highest BCUT2D eigenvalue weighted by Gasteiger charge is 2.41. The molecule has 17 heavy (non-hydrogen) atoms. The molecule has 2 atom stereocenters. The molecule has 3 heterocycles. The molecule has 0 aromatic heterocycles. The van der Waals surface area contributed by atoms with Crippen molar-refractivity contribution in [1.82, 2.24) is 10.2 Å². The molecular weight excluding hydrogens is 216 g/mol. The highest BCUT2D eigenvalue weighted by molar-refractivity contribution is 5.79. The molecule has 3 aliphatic rings. The summed E-state index contributed by atoms with van der Waals surface area (Å²) in [7, 11) is 0. The number of likely N-dealkylation sites (tertiary alicyclic amines) is 1. The summed E-state index contributed by atoms with van der Waals surface area (Å²) in [4.78, 5) is 14.0. The number of nitrogens with one attached hydrogen (secondary N) is 1. The van der Waals surface area contributed by atoms with Gasteiger partial charge < -0.3 is 15.0 Å². The third kappa shape index (κ3) is 2.47. The van der Waals surface area contributed by atoms with Gasteiger partial charge in [-0.15, -0.1) is 0 Å². The minimum atomic E-state index is 0.106. The summed E-state index contributed by atoms with van der Waals surface area (Å²) in [5.41, 5.74) is 0.106. The Morgan fingerprint density at radius 3 is 3.12 bits per heavy atom. The predicted octanol–water partition coefficient (Wildman–Crippen LogP) is 0.767. The van der Waals surface area contributed by atoms with E-state index in [0.717, 1.165) is 45.6 Å². The van der Waals surface area contributed by atoms with Crippen LogP contribution in [0.4, 0.5) is 0 Å². The third-order valence-electron chi connectivity index (χ3n) is 4.43. The molecule has 1 N–H and O–H groups in total. The summed E-state index contributed by atoms with van der Waals surface area (Å²) in [6.07, 6.45) is 5.34. The van der Waals surface area contributed by atoms with E-state index in [4.69, 9.17) is 4.74 Å². The van der Waals surface area contributed by atoms with Crippen LogP contribution < -0.4 is 5.32 Å². The lowest BCUT2D eigenvalue weighted by molar-refractivity contribution is -0.120. The van der Waals surface area contributed by atoms with Gasteiger partial charge in [-0.25, -0.2) is 0 Å². The largest absolute Gasteiger partial charge is 0.381 e. The Balaban J connectivity index is 1.57. The van der Waals surface area contributed by atoms with Gasteiger partial charge in [0.15, 0.2) is 0 Å². The van der Waals surface area contributed by atoms with Crippen LogP contribution in [0.2, 0.25) is 0 Å². The third-order valence-corrected chi connectivity index (χ3v) is 4.43. The maximum Gasteiger partial charge on any atom is 0.220 e. The van der Waals surface area contributed by atoms with Crippen molar-refractivity contribution in [2.45, 2.75) is 37.6 Å². The van der Waals surface area contributed by atoms with Crippen LogP contribution in [0.5, 0.6) is 0 Å². The summed E-state index contributed by atoms with van der Waals surface area (Å²) in [6, 6.07) is 0. The van der Waals surface area contributed by atoms with Crippen LogP contribution in [-0.4, -0.2) is 49.2 Å². The molecule has 96 valence electrons. The molecule has 1 spiro atoms. The van der Waals surface area contributed by atoms with Crippen molar-refractivity contribution in [3.05, 3.63) is 0 Å². The Hall–Kier alpha value is -0.610. The summed E-state index contributed by atoms with van der Waals surface area (Å²) < 4.78 is 5.44. The average molecular weight is 238 g/mol. The topological polar surface area (TPSA) is 41.6 Å². The zero-order valence-electron chi connectivity index (χ0n) is 10.4. The van der Waals surface area contributed by atoms with Crippen LogP contribution >= 0.6 is 0 Å². The van der Waals surface area contributed by atoms with Gasteiger partial charge in [0.05, 0.1) is 12.1 Å². The second-order valence-corrected chi connectivity index (χ2v) is 5.90. The Bertz CT molecular complexity index is 302. The van der Waals surface area contributed by atoms with Gasteiger partial charge in [-0.2, -0.15) is 0 Å². The number of hydrogen-bond donors (Lipinski definition) is 1. The first-order valence-electron chi connectivity index (χ1n) is 6.87.